The van der Waals surface area contributed by atoms with Crippen molar-refractivity contribution in [2.24, 2.45) is 0 Å². The molecule has 1 aromatic rings. The zero-order valence-corrected chi connectivity index (χ0v) is 9.88. The van der Waals surface area contributed by atoms with Crippen molar-refractivity contribution in [1.82, 2.24) is 9.97 Å². The zero-order valence-electron chi connectivity index (χ0n) is 9.06. The van der Waals surface area contributed by atoms with Gasteiger partial charge in [-0.3, -0.25) is 4.79 Å². The molecule has 0 aromatic carbocycles. The molecule has 5 nitrogen and oxygen atoms in total. The third-order valence-electron chi connectivity index (χ3n) is 2.18. The second kappa shape index (κ2) is 5.47. The first kappa shape index (κ1) is 11.6. The van der Waals surface area contributed by atoms with Crippen LogP contribution in [0.25, 0.3) is 0 Å². The Morgan fingerprint density at radius 1 is 1.56 bits per heavy atom. The fourth-order valence-electron chi connectivity index (χ4n) is 1.38. The molecule has 0 atom stereocenters. The van der Waals surface area contributed by atoms with Crippen molar-refractivity contribution >= 4 is 11.8 Å². The van der Waals surface area contributed by atoms with E-state index in [-0.39, 0.29) is 11.8 Å². The molecule has 2 heterocycles. The maximum Gasteiger partial charge on any atom is 0.251 e. The molecular weight excluding hydrogens is 228 g/mol. The van der Waals surface area contributed by atoms with Gasteiger partial charge in [0.2, 0.25) is 0 Å². The normalized spacial score (nSPS) is 16.8. The van der Waals surface area contributed by atoms with E-state index in [0.29, 0.717) is 24.1 Å². The van der Waals surface area contributed by atoms with Crippen LogP contribution in [-0.4, -0.2) is 35.2 Å². The van der Waals surface area contributed by atoms with Gasteiger partial charge in [-0.25, -0.2) is 4.98 Å². The summed E-state index contributed by atoms with van der Waals surface area (Å²) in [7, 11) is 0. The van der Waals surface area contributed by atoms with Gasteiger partial charge in [0.25, 0.3) is 5.56 Å². The molecule has 0 amide bonds. The summed E-state index contributed by atoms with van der Waals surface area (Å²) in [5.41, 5.74) is 0.696. The maximum atomic E-state index is 11.3. The van der Waals surface area contributed by atoms with E-state index in [1.165, 1.54) is 17.8 Å². The van der Waals surface area contributed by atoms with Gasteiger partial charge in [-0.2, -0.15) is 0 Å². The molecule has 1 aliphatic heterocycles. The number of nitrogens with zero attached hydrogens (tertiary/aromatic N) is 1. The molecule has 0 bridgehead atoms. The van der Waals surface area contributed by atoms with Gasteiger partial charge in [0.15, 0.2) is 11.4 Å². The lowest BCUT2D eigenvalue weighted by Gasteiger charge is -2.07. The summed E-state index contributed by atoms with van der Waals surface area (Å²) in [6.45, 7) is 3.26. The van der Waals surface area contributed by atoms with E-state index in [1.807, 2.05) is 6.92 Å². The Labute approximate surface area is 97.6 Å². The first-order chi connectivity index (χ1) is 7.78. The summed E-state index contributed by atoms with van der Waals surface area (Å²) in [5, 5.41) is 0.628. The first-order valence-corrected chi connectivity index (χ1v) is 6.22. The molecular formula is C10H14N2O3S. The highest BCUT2D eigenvalue weighted by atomic mass is 32.2. The van der Waals surface area contributed by atoms with Gasteiger partial charge >= 0.3 is 0 Å². The van der Waals surface area contributed by atoms with Crippen molar-refractivity contribution in [2.45, 2.75) is 24.8 Å². The summed E-state index contributed by atoms with van der Waals surface area (Å²) < 4.78 is 10.6. The number of H-pyrrole nitrogens is 1. The Bertz CT molecular complexity index is 401. The molecule has 88 valence electrons. The van der Waals surface area contributed by atoms with Gasteiger partial charge in [0.1, 0.15) is 0 Å². The van der Waals surface area contributed by atoms with E-state index in [4.69, 9.17) is 9.47 Å². The number of aromatic nitrogens is 2. The summed E-state index contributed by atoms with van der Waals surface area (Å²) in [6.07, 6.45) is 0.578. The minimum absolute atomic E-state index is 0.109. The topological polar surface area (TPSA) is 64.2 Å². The van der Waals surface area contributed by atoms with Crippen LogP contribution in [0.4, 0.5) is 0 Å². The summed E-state index contributed by atoms with van der Waals surface area (Å²) in [6, 6.07) is 1.52. The van der Waals surface area contributed by atoms with Crippen molar-refractivity contribution in [2.75, 3.05) is 19.0 Å². The Hall–Kier alpha value is -0.850. The largest absolute Gasteiger partial charge is 0.349 e. The van der Waals surface area contributed by atoms with Crippen LogP contribution in [-0.2, 0) is 15.9 Å². The lowest BCUT2D eigenvalue weighted by Crippen LogP contribution is -2.13. The number of aryl methyl sites for hydroxylation is 1. The van der Waals surface area contributed by atoms with Gasteiger partial charge < -0.3 is 14.5 Å². The van der Waals surface area contributed by atoms with Gasteiger partial charge in [-0.15, -0.1) is 0 Å². The van der Waals surface area contributed by atoms with Crippen LogP contribution < -0.4 is 5.56 Å². The summed E-state index contributed by atoms with van der Waals surface area (Å²) in [4.78, 5) is 18.3. The summed E-state index contributed by atoms with van der Waals surface area (Å²) >= 11 is 1.44. The molecule has 6 heteroatoms. The number of thioether (sulfide) groups is 1. The van der Waals surface area contributed by atoms with Crippen LogP contribution in [0.1, 0.15) is 12.6 Å². The van der Waals surface area contributed by atoms with Crippen LogP contribution in [0.3, 0.4) is 0 Å². The van der Waals surface area contributed by atoms with E-state index in [2.05, 4.69) is 9.97 Å². The van der Waals surface area contributed by atoms with E-state index >= 15 is 0 Å². The third-order valence-corrected chi connectivity index (χ3v) is 3.09. The molecule has 1 saturated heterocycles. The van der Waals surface area contributed by atoms with E-state index < -0.39 is 0 Å². The molecule has 2 rings (SSSR count). The smallest absolute Gasteiger partial charge is 0.251 e. The number of nitrogens with one attached hydrogen (secondary N) is 1. The van der Waals surface area contributed by atoms with Gasteiger partial charge in [-0.1, -0.05) is 18.7 Å². The molecule has 0 aliphatic carbocycles. The van der Waals surface area contributed by atoms with Crippen LogP contribution in [0.15, 0.2) is 16.0 Å². The fourth-order valence-corrected chi connectivity index (χ4v) is 2.22. The summed E-state index contributed by atoms with van der Waals surface area (Å²) in [5.74, 6) is 0.649. The first-order valence-electron chi connectivity index (χ1n) is 5.24. The maximum absolute atomic E-state index is 11.3. The molecule has 0 saturated carbocycles. The minimum atomic E-state index is -0.180. The fraction of sp³-hybridized carbons (Fsp3) is 0.600. The molecule has 0 radical (unpaired) electrons. The second-order valence-electron chi connectivity index (χ2n) is 3.38. The quantitative estimate of drug-likeness (QED) is 0.625. The Morgan fingerprint density at radius 3 is 3.00 bits per heavy atom. The molecule has 0 unspecified atom stereocenters. The monoisotopic (exact) mass is 242 g/mol. The van der Waals surface area contributed by atoms with Crippen molar-refractivity contribution < 1.29 is 9.47 Å². The van der Waals surface area contributed by atoms with Gasteiger partial charge in [0, 0.05) is 11.8 Å². The zero-order chi connectivity index (χ0) is 11.4. The predicted octanol–water partition coefficient (Wildman–Crippen LogP) is 0.797. The highest BCUT2D eigenvalue weighted by Gasteiger charge is 2.16. The van der Waals surface area contributed by atoms with Crippen molar-refractivity contribution in [3.63, 3.8) is 0 Å². The standard InChI is InChI=1S/C10H14N2O3S/c1-2-7-5-8(13)12-10(11-7)16-6-9-14-3-4-15-9/h5,9H,2-4,6H2,1H3,(H,11,12,13). The molecule has 1 aliphatic rings. The highest BCUT2D eigenvalue weighted by molar-refractivity contribution is 7.99. The number of aromatic amines is 1. The van der Waals surface area contributed by atoms with Crippen LogP contribution in [0.5, 0.6) is 0 Å². The minimum Gasteiger partial charge on any atom is -0.349 e. The Balaban J connectivity index is 1.97. The molecule has 1 aromatic heterocycles. The number of hydrogen-bond donors (Lipinski definition) is 1. The van der Waals surface area contributed by atoms with E-state index in [9.17, 15) is 4.79 Å². The molecule has 1 fully saturated rings. The van der Waals surface area contributed by atoms with Crippen molar-refractivity contribution in [3.8, 4) is 0 Å². The highest BCUT2D eigenvalue weighted by Crippen LogP contribution is 2.17. The number of hydrogen-bond acceptors (Lipinski definition) is 5. The number of ether oxygens (including phenoxy) is 2. The average Bonchev–Trinajstić information content (AvgIpc) is 2.78. The van der Waals surface area contributed by atoms with E-state index in [0.717, 1.165) is 12.1 Å². The lowest BCUT2D eigenvalue weighted by atomic mass is 10.3. The van der Waals surface area contributed by atoms with Gasteiger partial charge in [-0.05, 0) is 6.42 Å². The molecule has 16 heavy (non-hydrogen) atoms. The molecule has 0 spiro atoms. The van der Waals surface area contributed by atoms with Gasteiger partial charge in [0.05, 0.1) is 19.0 Å². The average molecular weight is 242 g/mol. The second-order valence-corrected chi connectivity index (χ2v) is 4.39. The van der Waals surface area contributed by atoms with E-state index in [1.54, 1.807) is 0 Å². The predicted molar refractivity (Wildman–Crippen MR) is 60.7 cm³/mol. The van der Waals surface area contributed by atoms with Crippen LogP contribution in [0, 0.1) is 0 Å². The Kier molecular flexibility index (Phi) is 3.98. The van der Waals surface area contributed by atoms with Crippen LogP contribution in [0.2, 0.25) is 0 Å². The van der Waals surface area contributed by atoms with Crippen molar-refractivity contribution in [3.05, 3.63) is 22.1 Å². The van der Waals surface area contributed by atoms with Crippen LogP contribution >= 0.6 is 11.8 Å². The third kappa shape index (κ3) is 3.07. The van der Waals surface area contributed by atoms with Crippen molar-refractivity contribution in [1.29, 1.82) is 0 Å². The molecule has 1 N–H and O–H groups in total. The SMILES string of the molecule is CCc1cc(=O)[nH]c(SCC2OCCO2)n1. The number of rotatable bonds is 4. The Morgan fingerprint density at radius 2 is 2.31 bits per heavy atom. The lowest BCUT2D eigenvalue weighted by molar-refractivity contribution is -0.0215.